The summed E-state index contributed by atoms with van der Waals surface area (Å²) in [5, 5.41) is 11.1. The summed E-state index contributed by atoms with van der Waals surface area (Å²) < 4.78 is 26.1. The predicted octanol–water partition coefficient (Wildman–Crippen LogP) is 6.51. The van der Waals surface area contributed by atoms with Gasteiger partial charge in [0.15, 0.2) is 31.2 Å². The van der Waals surface area contributed by atoms with E-state index in [0.29, 0.717) is 6.61 Å². The van der Waals surface area contributed by atoms with Crippen LogP contribution in [-0.2, 0) is 18.0 Å². The number of hydrogen-bond donors (Lipinski definition) is 1. The van der Waals surface area contributed by atoms with Crippen molar-refractivity contribution in [3.8, 4) is 0 Å². The van der Waals surface area contributed by atoms with Crippen molar-refractivity contribution in [3.05, 3.63) is 0 Å². The molecule has 31 heavy (non-hydrogen) atoms. The molecule has 1 rings (SSSR count). The molecule has 4 atom stereocenters. The Balaban J connectivity index is 3.22. The smallest absolute Gasteiger partial charge is 0.192 e. The lowest BCUT2D eigenvalue weighted by Gasteiger charge is -2.44. The van der Waals surface area contributed by atoms with Crippen LogP contribution in [-0.4, -0.2) is 61.3 Å². The van der Waals surface area contributed by atoms with Crippen molar-refractivity contribution in [2.45, 2.75) is 141 Å². The maximum absolute atomic E-state index is 10.9. The van der Waals surface area contributed by atoms with Crippen LogP contribution in [0.2, 0.25) is 54.4 Å². The van der Waals surface area contributed by atoms with Crippen LogP contribution in [0.15, 0.2) is 0 Å². The van der Waals surface area contributed by atoms with E-state index in [4.69, 9.17) is 18.0 Å². The monoisotopic (exact) mass is 492 g/mol. The molecule has 0 spiro atoms. The zero-order valence-corrected chi connectivity index (χ0v) is 26.1. The molecule has 1 aliphatic rings. The van der Waals surface area contributed by atoms with Gasteiger partial charge < -0.3 is 23.1 Å². The lowest BCUT2D eigenvalue weighted by Crippen LogP contribution is -2.55. The lowest BCUT2D eigenvalue weighted by molar-refractivity contribution is -0.129. The first-order chi connectivity index (χ1) is 13.4. The van der Waals surface area contributed by atoms with Crippen molar-refractivity contribution < 1.29 is 23.1 Å². The Labute approximate surface area is 196 Å². The molecule has 1 N–H and O–H groups in total. The Morgan fingerprint density at radius 2 is 1.00 bits per heavy atom. The van der Waals surface area contributed by atoms with Gasteiger partial charge in [-0.05, 0) is 54.4 Å². The van der Waals surface area contributed by atoms with Crippen molar-refractivity contribution >= 4 is 25.0 Å². The summed E-state index contributed by atoms with van der Waals surface area (Å²) in [5.41, 5.74) is 0. The highest BCUT2D eigenvalue weighted by atomic mass is 28.4. The second kappa shape index (κ2) is 9.24. The Bertz CT molecular complexity index is 600. The molecule has 0 aromatic heterocycles. The van der Waals surface area contributed by atoms with Crippen LogP contribution in [0.25, 0.3) is 0 Å². The normalized spacial score (nSPS) is 27.1. The van der Waals surface area contributed by atoms with E-state index in [2.05, 4.69) is 102 Å². The number of aliphatic hydroxyl groups excluding tert-OH is 1. The Morgan fingerprint density at radius 1 is 0.645 bits per heavy atom. The van der Waals surface area contributed by atoms with Gasteiger partial charge in [0, 0.05) is 0 Å². The van der Waals surface area contributed by atoms with Gasteiger partial charge in [0.25, 0.3) is 0 Å². The number of hydrogen-bond acceptors (Lipinski definition) is 5. The van der Waals surface area contributed by atoms with E-state index >= 15 is 0 Å². The third-order valence-corrected chi connectivity index (χ3v) is 21.6. The van der Waals surface area contributed by atoms with Gasteiger partial charge in [-0.2, -0.15) is 0 Å². The van der Waals surface area contributed by atoms with Crippen molar-refractivity contribution in [1.82, 2.24) is 0 Å². The largest absolute Gasteiger partial charge is 0.414 e. The average Bonchev–Trinajstić information content (AvgIpc) is 2.77. The molecular weight excluding hydrogens is 441 g/mol. The molecule has 0 saturated carbocycles. The molecule has 0 aromatic rings. The summed E-state index contributed by atoms with van der Waals surface area (Å²) in [4.78, 5) is 0. The molecule has 1 aliphatic heterocycles. The highest BCUT2D eigenvalue weighted by molar-refractivity contribution is 6.75. The van der Waals surface area contributed by atoms with Gasteiger partial charge in [0.1, 0.15) is 18.3 Å². The summed E-state index contributed by atoms with van der Waals surface area (Å²) in [6.07, 6.45) is -2.18. The lowest BCUT2D eigenvalue weighted by atomic mass is 10.1. The molecule has 0 aromatic carbocycles. The fraction of sp³-hybridized carbons (Fsp3) is 1.00. The summed E-state index contributed by atoms with van der Waals surface area (Å²) in [5.74, 6) is 0. The second-order valence-electron chi connectivity index (χ2n) is 13.8. The third-order valence-electron chi connectivity index (χ3n) is 8.17. The minimum Gasteiger partial charge on any atom is -0.414 e. The van der Waals surface area contributed by atoms with Crippen LogP contribution in [0.1, 0.15) is 62.3 Å². The van der Waals surface area contributed by atoms with E-state index < -0.39 is 37.3 Å². The maximum Gasteiger partial charge on any atom is 0.192 e. The molecule has 186 valence electrons. The Kier molecular flexibility index (Phi) is 8.79. The highest BCUT2D eigenvalue weighted by Crippen LogP contribution is 2.44. The van der Waals surface area contributed by atoms with Crippen LogP contribution in [0, 0.1) is 0 Å². The van der Waals surface area contributed by atoms with Crippen LogP contribution in [0.5, 0.6) is 0 Å². The molecule has 0 bridgehead atoms. The number of rotatable bonds is 7. The minimum absolute atomic E-state index is 0.0317. The van der Waals surface area contributed by atoms with Crippen molar-refractivity contribution in [2.75, 3.05) is 6.61 Å². The van der Waals surface area contributed by atoms with Gasteiger partial charge in [-0.1, -0.05) is 62.3 Å². The fourth-order valence-electron chi connectivity index (χ4n) is 2.65. The quantitative estimate of drug-likeness (QED) is 0.411. The van der Waals surface area contributed by atoms with Gasteiger partial charge in [0.05, 0.1) is 6.61 Å². The van der Waals surface area contributed by atoms with E-state index in [9.17, 15) is 5.11 Å². The van der Waals surface area contributed by atoms with Gasteiger partial charge in [0.2, 0.25) is 0 Å². The SMILES string of the molecule is CC(C)(C)[Si](C)(C)OCC1OC(O)C(O[Si](C)(C)C(C)(C)C)C1O[Si](C)(C)C(C)(C)C. The fourth-order valence-corrected chi connectivity index (χ4v) is 6.27. The van der Waals surface area contributed by atoms with E-state index in [1.165, 1.54) is 0 Å². The number of aliphatic hydroxyl groups is 1. The molecule has 1 saturated heterocycles. The van der Waals surface area contributed by atoms with Crippen LogP contribution in [0.3, 0.4) is 0 Å². The average molecular weight is 493 g/mol. The first-order valence-electron chi connectivity index (χ1n) is 11.8. The third kappa shape index (κ3) is 6.97. The predicted molar refractivity (Wildman–Crippen MR) is 138 cm³/mol. The van der Waals surface area contributed by atoms with Crippen molar-refractivity contribution in [2.24, 2.45) is 0 Å². The Hall–Kier alpha value is 0.451. The first-order valence-corrected chi connectivity index (χ1v) is 20.5. The van der Waals surface area contributed by atoms with Crippen molar-refractivity contribution in [1.29, 1.82) is 0 Å². The zero-order valence-electron chi connectivity index (χ0n) is 23.1. The summed E-state index contributed by atoms with van der Waals surface area (Å²) in [6.45, 7) is 33.8. The number of ether oxygens (including phenoxy) is 1. The Morgan fingerprint density at radius 3 is 1.35 bits per heavy atom. The molecule has 0 amide bonds. The van der Waals surface area contributed by atoms with Crippen molar-refractivity contribution in [3.63, 3.8) is 0 Å². The van der Waals surface area contributed by atoms with Crippen LogP contribution < -0.4 is 0 Å². The molecule has 0 aliphatic carbocycles. The first kappa shape index (κ1) is 29.5. The molecule has 1 fully saturated rings. The van der Waals surface area contributed by atoms with Gasteiger partial charge in [-0.25, -0.2) is 0 Å². The summed E-state index contributed by atoms with van der Waals surface area (Å²) >= 11 is 0. The van der Waals surface area contributed by atoms with E-state index in [0.717, 1.165) is 0 Å². The van der Waals surface area contributed by atoms with Crippen LogP contribution in [0.4, 0.5) is 0 Å². The molecule has 5 nitrogen and oxygen atoms in total. The molecule has 4 unspecified atom stereocenters. The molecule has 0 radical (unpaired) electrons. The van der Waals surface area contributed by atoms with Gasteiger partial charge in [-0.15, -0.1) is 0 Å². The summed E-state index contributed by atoms with van der Waals surface area (Å²) in [6, 6.07) is 0. The molecule has 8 heteroatoms. The molecule has 1 heterocycles. The van der Waals surface area contributed by atoms with Gasteiger partial charge >= 0.3 is 0 Å². The molecular formula is C23H52O5Si3. The van der Waals surface area contributed by atoms with E-state index in [1.807, 2.05) is 0 Å². The van der Waals surface area contributed by atoms with E-state index in [1.54, 1.807) is 0 Å². The maximum atomic E-state index is 10.9. The second-order valence-corrected chi connectivity index (χ2v) is 28.1. The highest BCUT2D eigenvalue weighted by Gasteiger charge is 2.54. The minimum atomic E-state index is -2.13. The van der Waals surface area contributed by atoms with Crippen LogP contribution >= 0.6 is 0 Å². The van der Waals surface area contributed by atoms with Gasteiger partial charge in [-0.3, -0.25) is 0 Å². The zero-order chi connectivity index (χ0) is 24.8. The standard InChI is InChI=1S/C23H52O5Si3/c1-21(2,3)29(10,11)25-16-17-18(27-30(12,13)22(4,5)6)19(20(24)26-17)28-31(14,15)23(7,8)9/h17-20,24H,16H2,1-15H3. The van der Waals surface area contributed by atoms with E-state index in [-0.39, 0.29) is 27.3 Å². The summed E-state index contributed by atoms with van der Waals surface area (Å²) in [7, 11) is -6.20. The topological polar surface area (TPSA) is 57.2 Å².